The highest BCUT2D eigenvalue weighted by atomic mass is 16.5. The summed E-state index contributed by atoms with van der Waals surface area (Å²) < 4.78 is 5.32. The van der Waals surface area contributed by atoms with Gasteiger partial charge in [0, 0.05) is 19.7 Å². The van der Waals surface area contributed by atoms with Gasteiger partial charge in [0.15, 0.2) is 0 Å². The van der Waals surface area contributed by atoms with Crippen molar-refractivity contribution >= 4 is 0 Å². The second-order valence-corrected chi connectivity index (χ2v) is 4.46. The predicted molar refractivity (Wildman–Crippen MR) is 66.1 cm³/mol. The first kappa shape index (κ1) is 14.9. The topological polar surface area (TPSA) is 38.5 Å². The van der Waals surface area contributed by atoms with E-state index in [1.807, 2.05) is 0 Å². The summed E-state index contributed by atoms with van der Waals surface area (Å²) in [7, 11) is 3.91. The zero-order chi connectivity index (χ0) is 11.9. The van der Waals surface area contributed by atoms with Crippen LogP contribution in [-0.4, -0.2) is 43.8 Å². The normalized spacial score (nSPS) is 17.8. The summed E-state index contributed by atoms with van der Waals surface area (Å²) in [6.07, 6.45) is 3.45. The molecule has 0 radical (unpaired) electrons. The van der Waals surface area contributed by atoms with Gasteiger partial charge in [0.1, 0.15) is 0 Å². The van der Waals surface area contributed by atoms with Crippen LogP contribution in [0.5, 0.6) is 0 Å². The van der Waals surface area contributed by atoms with Crippen molar-refractivity contribution in [3.63, 3.8) is 0 Å². The molecule has 2 N–H and O–H groups in total. The van der Waals surface area contributed by atoms with Crippen LogP contribution in [0.1, 0.15) is 40.0 Å². The van der Waals surface area contributed by atoms with E-state index >= 15 is 0 Å². The standard InChI is InChI=1S/C12H28N2O/c1-6-8-11(3)14(4)12(7-2,9-13)10-15-5/h11H,6-10,13H2,1-5H3. The molecule has 0 bridgehead atoms. The van der Waals surface area contributed by atoms with Crippen molar-refractivity contribution in [2.45, 2.75) is 51.6 Å². The van der Waals surface area contributed by atoms with Crippen molar-refractivity contribution in [3.8, 4) is 0 Å². The SMILES string of the molecule is CCCC(C)N(C)C(CC)(CN)COC. The van der Waals surface area contributed by atoms with E-state index in [1.54, 1.807) is 7.11 Å². The number of nitrogens with zero attached hydrogens (tertiary/aromatic N) is 1. The molecule has 0 aromatic rings. The maximum absolute atomic E-state index is 5.92. The number of likely N-dealkylation sites (N-methyl/N-ethyl adjacent to an activating group) is 1. The van der Waals surface area contributed by atoms with Crippen LogP contribution in [0, 0.1) is 0 Å². The molecule has 0 rings (SSSR count). The number of nitrogens with two attached hydrogens (primary N) is 1. The van der Waals surface area contributed by atoms with Gasteiger partial charge >= 0.3 is 0 Å². The van der Waals surface area contributed by atoms with E-state index in [1.165, 1.54) is 12.8 Å². The van der Waals surface area contributed by atoms with E-state index in [9.17, 15) is 0 Å². The molecule has 2 unspecified atom stereocenters. The van der Waals surface area contributed by atoms with Crippen LogP contribution in [-0.2, 0) is 4.74 Å². The van der Waals surface area contributed by atoms with Gasteiger partial charge in [-0.25, -0.2) is 0 Å². The summed E-state index contributed by atoms with van der Waals surface area (Å²) in [6, 6.07) is 0.564. The second kappa shape index (κ2) is 7.20. The highest BCUT2D eigenvalue weighted by molar-refractivity contribution is 4.91. The molecule has 0 aliphatic rings. The molecule has 0 amide bonds. The molecule has 15 heavy (non-hydrogen) atoms. The van der Waals surface area contributed by atoms with Gasteiger partial charge in [-0.2, -0.15) is 0 Å². The molecule has 0 saturated carbocycles. The van der Waals surface area contributed by atoms with E-state index < -0.39 is 0 Å². The van der Waals surface area contributed by atoms with E-state index in [4.69, 9.17) is 10.5 Å². The Morgan fingerprint density at radius 3 is 2.33 bits per heavy atom. The van der Waals surface area contributed by atoms with Crippen molar-refractivity contribution in [3.05, 3.63) is 0 Å². The van der Waals surface area contributed by atoms with Crippen LogP contribution in [0.2, 0.25) is 0 Å². The zero-order valence-electron chi connectivity index (χ0n) is 11.0. The number of rotatable bonds is 8. The highest BCUT2D eigenvalue weighted by Crippen LogP contribution is 2.22. The Bertz CT molecular complexity index is 158. The first-order valence-corrected chi connectivity index (χ1v) is 5.99. The third-order valence-corrected chi connectivity index (χ3v) is 3.57. The molecule has 2 atom stereocenters. The van der Waals surface area contributed by atoms with Crippen LogP contribution in [0.4, 0.5) is 0 Å². The minimum atomic E-state index is 0.00331. The van der Waals surface area contributed by atoms with Gasteiger partial charge < -0.3 is 10.5 Å². The molecule has 3 nitrogen and oxygen atoms in total. The fourth-order valence-corrected chi connectivity index (χ4v) is 2.15. The lowest BCUT2D eigenvalue weighted by Gasteiger charge is -2.43. The molecule has 0 aromatic carbocycles. The van der Waals surface area contributed by atoms with Crippen molar-refractivity contribution in [1.29, 1.82) is 0 Å². The summed E-state index contributed by atoms with van der Waals surface area (Å²) in [5.74, 6) is 0. The third-order valence-electron chi connectivity index (χ3n) is 3.57. The quantitative estimate of drug-likeness (QED) is 0.673. The van der Waals surface area contributed by atoms with Gasteiger partial charge in [-0.15, -0.1) is 0 Å². The van der Waals surface area contributed by atoms with Crippen molar-refractivity contribution in [1.82, 2.24) is 4.90 Å². The monoisotopic (exact) mass is 216 g/mol. The molecular weight excluding hydrogens is 188 g/mol. The Balaban J connectivity index is 4.58. The zero-order valence-corrected chi connectivity index (χ0v) is 11.0. The Morgan fingerprint density at radius 1 is 1.40 bits per heavy atom. The maximum Gasteiger partial charge on any atom is 0.0658 e. The van der Waals surface area contributed by atoms with Gasteiger partial charge in [0.25, 0.3) is 0 Å². The molecule has 0 spiro atoms. The van der Waals surface area contributed by atoms with Crippen LogP contribution < -0.4 is 5.73 Å². The smallest absolute Gasteiger partial charge is 0.0658 e. The lowest BCUT2D eigenvalue weighted by atomic mass is 9.93. The fraction of sp³-hybridized carbons (Fsp3) is 1.00. The molecule has 0 saturated heterocycles. The predicted octanol–water partition coefficient (Wildman–Crippen LogP) is 1.86. The number of methoxy groups -OCH3 is 1. The van der Waals surface area contributed by atoms with Gasteiger partial charge in [0.2, 0.25) is 0 Å². The van der Waals surface area contributed by atoms with Gasteiger partial charge in [-0.3, -0.25) is 4.90 Å². The molecule has 0 aromatic heterocycles. The van der Waals surface area contributed by atoms with Gasteiger partial charge in [0.05, 0.1) is 12.1 Å². The fourth-order valence-electron chi connectivity index (χ4n) is 2.15. The van der Waals surface area contributed by atoms with E-state index in [2.05, 4.69) is 32.7 Å². The van der Waals surface area contributed by atoms with Gasteiger partial charge in [-0.1, -0.05) is 20.3 Å². The third kappa shape index (κ3) is 3.74. The lowest BCUT2D eigenvalue weighted by molar-refractivity contribution is 0.00482. The Hall–Kier alpha value is -0.120. The average molecular weight is 216 g/mol. The number of ether oxygens (including phenoxy) is 1. The minimum absolute atomic E-state index is 0.00331. The van der Waals surface area contributed by atoms with E-state index in [0.717, 1.165) is 6.42 Å². The minimum Gasteiger partial charge on any atom is -0.383 e. The van der Waals surface area contributed by atoms with Crippen LogP contribution in [0.15, 0.2) is 0 Å². The molecule has 0 heterocycles. The number of hydrogen-bond acceptors (Lipinski definition) is 3. The molecule has 92 valence electrons. The molecule has 3 heteroatoms. The second-order valence-electron chi connectivity index (χ2n) is 4.46. The Labute approximate surface area is 95.0 Å². The average Bonchev–Trinajstić information content (AvgIpc) is 2.25. The lowest BCUT2D eigenvalue weighted by Crippen LogP contribution is -2.57. The van der Waals surface area contributed by atoms with Crippen LogP contribution in [0.25, 0.3) is 0 Å². The van der Waals surface area contributed by atoms with E-state index in [-0.39, 0.29) is 5.54 Å². The van der Waals surface area contributed by atoms with Crippen molar-refractivity contribution in [2.75, 3.05) is 27.3 Å². The molecular formula is C12H28N2O. The first-order valence-electron chi connectivity index (χ1n) is 5.99. The number of hydrogen-bond donors (Lipinski definition) is 1. The highest BCUT2D eigenvalue weighted by Gasteiger charge is 2.33. The molecule has 0 aliphatic heterocycles. The first-order chi connectivity index (χ1) is 7.07. The van der Waals surface area contributed by atoms with Crippen molar-refractivity contribution in [2.24, 2.45) is 5.73 Å². The summed E-state index contributed by atoms with van der Waals surface area (Å²) in [5, 5.41) is 0. The maximum atomic E-state index is 5.92. The molecule has 0 aliphatic carbocycles. The summed E-state index contributed by atoms with van der Waals surface area (Å²) in [4.78, 5) is 2.39. The Kier molecular flexibility index (Phi) is 7.14. The van der Waals surface area contributed by atoms with Crippen LogP contribution in [0.3, 0.4) is 0 Å². The van der Waals surface area contributed by atoms with Crippen LogP contribution >= 0.6 is 0 Å². The largest absolute Gasteiger partial charge is 0.383 e. The summed E-state index contributed by atoms with van der Waals surface area (Å²) in [5.41, 5.74) is 5.92. The summed E-state index contributed by atoms with van der Waals surface area (Å²) >= 11 is 0. The van der Waals surface area contributed by atoms with Crippen molar-refractivity contribution < 1.29 is 4.74 Å². The van der Waals surface area contributed by atoms with E-state index in [0.29, 0.717) is 19.2 Å². The Morgan fingerprint density at radius 2 is 2.00 bits per heavy atom. The van der Waals surface area contributed by atoms with Gasteiger partial charge in [-0.05, 0) is 26.8 Å². The summed E-state index contributed by atoms with van der Waals surface area (Å²) in [6.45, 7) is 8.03. The molecule has 0 fully saturated rings.